The second kappa shape index (κ2) is 5.74. The maximum absolute atomic E-state index is 11.9. The Morgan fingerprint density at radius 1 is 0.850 bits per heavy atom. The summed E-state index contributed by atoms with van der Waals surface area (Å²) in [5, 5.41) is 0.988. The molecule has 0 radical (unpaired) electrons. The van der Waals surface area contributed by atoms with Crippen molar-refractivity contribution in [2.75, 3.05) is 0 Å². The van der Waals surface area contributed by atoms with E-state index in [4.69, 9.17) is 4.42 Å². The van der Waals surface area contributed by atoms with Crippen LogP contribution in [0.3, 0.4) is 0 Å². The Bertz CT molecular complexity index is 757. The molecule has 100 valence electrons. The van der Waals surface area contributed by atoms with E-state index >= 15 is 0 Å². The SMILES string of the molecule is O=c1oc2ccccc2cc1CCCc1ccccc1. The van der Waals surface area contributed by atoms with Crippen molar-refractivity contribution in [3.05, 3.63) is 82.2 Å². The Hall–Kier alpha value is -2.35. The van der Waals surface area contributed by atoms with Gasteiger partial charge in [-0.2, -0.15) is 0 Å². The molecular weight excluding hydrogens is 248 g/mol. The molecule has 1 aromatic heterocycles. The van der Waals surface area contributed by atoms with Crippen LogP contribution < -0.4 is 5.63 Å². The number of hydrogen-bond donors (Lipinski definition) is 0. The summed E-state index contributed by atoms with van der Waals surface area (Å²) in [6, 6.07) is 19.9. The largest absolute Gasteiger partial charge is 0.423 e. The molecule has 0 aliphatic heterocycles. The first-order chi connectivity index (χ1) is 9.83. The molecule has 0 aliphatic rings. The molecule has 0 bridgehead atoms. The number of hydrogen-bond acceptors (Lipinski definition) is 2. The summed E-state index contributed by atoms with van der Waals surface area (Å²) in [7, 11) is 0. The molecule has 0 fully saturated rings. The first kappa shape index (κ1) is 12.7. The predicted octanol–water partition coefficient (Wildman–Crippen LogP) is 3.97. The van der Waals surface area contributed by atoms with Crippen LogP contribution >= 0.6 is 0 Å². The zero-order valence-corrected chi connectivity index (χ0v) is 11.2. The first-order valence-corrected chi connectivity index (χ1v) is 6.88. The van der Waals surface area contributed by atoms with Gasteiger partial charge in [-0.1, -0.05) is 48.5 Å². The summed E-state index contributed by atoms with van der Waals surface area (Å²) in [6.45, 7) is 0. The molecule has 0 spiro atoms. The monoisotopic (exact) mass is 264 g/mol. The lowest BCUT2D eigenvalue weighted by Crippen LogP contribution is -2.07. The second-order valence-electron chi connectivity index (χ2n) is 4.94. The van der Waals surface area contributed by atoms with Crippen LogP contribution in [0.15, 0.2) is 69.9 Å². The lowest BCUT2D eigenvalue weighted by molar-refractivity contribution is 0.548. The van der Waals surface area contributed by atoms with E-state index in [9.17, 15) is 4.79 Å². The van der Waals surface area contributed by atoms with Crippen LogP contribution in [-0.4, -0.2) is 0 Å². The van der Waals surface area contributed by atoms with Crippen LogP contribution in [0.25, 0.3) is 11.0 Å². The van der Waals surface area contributed by atoms with Crippen molar-refractivity contribution in [3.8, 4) is 0 Å². The molecule has 0 amide bonds. The fourth-order valence-corrected chi connectivity index (χ4v) is 2.41. The molecule has 1 heterocycles. The van der Waals surface area contributed by atoms with Gasteiger partial charge in [-0.3, -0.25) is 0 Å². The molecule has 0 aliphatic carbocycles. The van der Waals surface area contributed by atoms with Gasteiger partial charge in [-0.25, -0.2) is 4.79 Å². The van der Waals surface area contributed by atoms with Crippen molar-refractivity contribution in [3.63, 3.8) is 0 Å². The van der Waals surface area contributed by atoms with Gasteiger partial charge in [0.05, 0.1) is 0 Å². The standard InChI is InChI=1S/C18H16O2/c19-18-16(11-6-9-14-7-2-1-3-8-14)13-15-10-4-5-12-17(15)20-18/h1-5,7-8,10,12-13H,6,9,11H2. The molecule has 0 atom stereocenters. The summed E-state index contributed by atoms with van der Waals surface area (Å²) in [5.41, 5.74) is 2.51. The van der Waals surface area contributed by atoms with Crippen molar-refractivity contribution in [2.24, 2.45) is 0 Å². The van der Waals surface area contributed by atoms with Crippen LogP contribution in [0.5, 0.6) is 0 Å². The number of para-hydroxylation sites is 1. The maximum Gasteiger partial charge on any atom is 0.339 e. The van der Waals surface area contributed by atoms with Gasteiger partial charge < -0.3 is 4.42 Å². The molecule has 0 saturated heterocycles. The Balaban J connectivity index is 1.74. The van der Waals surface area contributed by atoms with Crippen molar-refractivity contribution in [2.45, 2.75) is 19.3 Å². The highest BCUT2D eigenvalue weighted by molar-refractivity contribution is 5.76. The van der Waals surface area contributed by atoms with E-state index in [0.717, 1.165) is 30.2 Å². The number of benzene rings is 2. The number of aryl methyl sites for hydroxylation is 2. The summed E-state index contributed by atoms with van der Waals surface area (Å²) >= 11 is 0. The average molecular weight is 264 g/mol. The molecule has 2 aromatic carbocycles. The van der Waals surface area contributed by atoms with Crippen molar-refractivity contribution in [1.29, 1.82) is 0 Å². The average Bonchev–Trinajstić information content (AvgIpc) is 2.49. The maximum atomic E-state index is 11.9. The highest BCUT2D eigenvalue weighted by atomic mass is 16.4. The van der Waals surface area contributed by atoms with Crippen LogP contribution in [0, 0.1) is 0 Å². The van der Waals surface area contributed by atoms with Gasteiger partial charge in [0, 0.05) is 10.9 Å². The molecule has 2 heteroatoms. The lowest BCUT2D eigenvalue weighted by Gasteiger charge is -2.03. The third-order valence-corrected chi connectivity index (χ3v) is 3.47. The summed E-state index contributed by atoms with van der Waals surface area (Å²) in [4.78, 5) is 11.9. The fraction of sp³-hybridized carbons (Fsp3) is 0.167. The minimum atomic E-state index is -0.211. The Morgan fingerprint density at radius 2 is 1.60 bits per heavy atom. The van der Waals surface area contributed by atoms with Gasteiger partial charge in [0.2, 0.25) is 0 Å². The van der Waals surface area contributed by atoms with Gasteiger partial charge in [-0.15, -0.1) is 0 Å². The van der Waals surface area contributed by atoms with E-state index in [0.29, 0.717) is 5.58 Å². The highest BCUT2D eigenvalue weighted by Gasteiger charge is 2.04. The zero-order valence-electron chi connectivity index (χ0n) is 11.2. The molecule has 3 aromatic rings. The molecule has 20 heavy (non-hydrogen) atoms. The molecule has 0 unspecified atom stereocenters. The van der Waals surface area contributed by atoms with Crippen LogP contribution in [-0.2, 0) is 12.8 Å². The Morgan fingerprint density at radius 3 is 2.45 bits per heavy atom. The van der Waals surface area contributed by atoms with Gasteiger partial charge in [0.1, 0.15) is 5.58 Å². The lowest BCUT2D eigenvalue weighted by atomic mass is 10.0. The predicted molar refractivity (Wildman–Crippen MR) is 81.0 cm³/mol. The molecule has 0 saturated carbocycles. The normalized spacial score (nSPS) is 10.8. The minimum Gasteiger partial charge on any atom is -0.423 e. The summed E-state index contributed by atoms with van der Waals surface area (Å²) < 4.78 is 5.34. The molecule has 3 rings (SSSR count). The van der Waals surface area contributed by atoms with Crippen LogP contribution in [0.4, 0.5) is 0 Å². The van der Waals surface area contributed by atoms with E-state index in [1.54, 1.807) is 0 Å². The third kappa shape index (κ3) is 2.80. The van der Waals surface area contributed by atoms with Crippen molar-refractivity contribution >= 4 is 11.0 Å². The fourth-order valence-electron chi connectivity index (χ4n) is 2.41. The summed E-state index contributed by atoms with van der Waals surface area (Å²) in [6.07, 6.45) is 2.68. The minimum absolute atomic E-state index is 0.211. The van der Waals surface area contributed by atoms with Gasteiger partial charge in [0.15, 0.2) is 0 Å². The van der Waals surface area contributed by atoms with E-state index in [2.05, 4.69) is 12.1 Å². The van der Waals surface area contributed by atoms with Crippen LogP contribution in [0.1, 0.15) is 17.5 Å². The zero-order chi connectivity index (χ0) is 13.8. The van der Waals surface area contributed by atoms with E-state index in [1.165, 1.54) is 5.56 Å². The van der Waals surface area contributed by atoms with E-state index in [-0.39, 0.29) is 5.63 Å². The molecular formula is C18H16O2. The quantitative estimate of drug-likeness (QED) is 0.667. The van der Waals surface area contributed by atoms with E-state index in [1.807, 2.05) is 48.5 Å². The highest BCUT2D eigenvalue weighted by Crippen LogP contribution is 2.14. The number of rotatable bonds is 4. The Labute approximate surface area is 117 Å². The topological polar surface area (TPSA) is 30.2 Å². The number of fused-ring (bicyclic) bond motifs is 1. The molecule has 0 N–H and O–H groups in total. The van der Waals surface area contributed by atoms with Gasteiger partial charge >= 0.3 is 5.63 Å². The van der Waals surface area contributed by atoms with Crippen molar-refractivity contribution < 1.29 is 4.42 Å². The van der Waals surface area contributed by atoms with Gasteiger partial charge in [-0.05, 0) is 37.0 Å². The third-order valence-electron chi connectivity index (χ3n) is 3.47. The smallest absolute Gasteiger partial charge is 0.339 e. The Kier molecular flexibility index (Phi) is 3.64. The first-order valence-electron chi connectivity index (χ1n) is 6.88. The second-order valence-corrected chi connectivity index (χ2v) is 4.94. The van der Waals surface area contributed by atoms with E-state index < -0.39 is 0 Å². The van der Waals surface area contributed by atoms with Crippen molar-refractivity contribution in [1.82, 2.24) is 0 Å². The van der Waals surface area contributed by atoms with Gasteiger partial charge in [0.25, 0.3) is 0 Å². The van der Waals surface area contributed by atoms with Crippen LogP contribution in [0.2, 0.25) is 0 Å². The summed E-state index contributed by atoms with van der Waals surface area (Å²) in [5.74, 6) is 0. The molecule has 2 nitrogen and oxygen atoms in total.